The summed E-state index contributed by atoms with van der Waals surface area (Å²) >= 11 is 13.6. The van der Waals surface area contributed by atoms with E-state index in [1.54, 1.807) is 12.1 Å². The maximum Gasteiger partial charge on any atom is 0.230 e. The fourth-order valence-corrected chi connectivity index (χ4v) is 4.50. The lowest BCUT2D eigenvalue weighted by molar-refractivity contribution is 0.337. The molecular weight excluding hydrogens is 475 g/mol. The van der Waals surface area contributed by atoms with Gasteiger partial charge >= 0.3 is 0 Å². The third-order valence-corrected chi connectivity index (χ3v) is 6.35. The molecule has 5 aromatic rings. The maximum atomic E-state index is 6.32. The number of para-hydroxylation sites is 1. The van der Waals surface area contributed by atoms with E-state index in [0.717, 1.165) is 32.9 Å². The van der Waals surface area contributed by atoms with Gasteiger partial charge in [-0.25, -0.2) is 9.98 Å². The second-order valence-corrected chi connectivity index (χ2v) is 8.94. The molecule has 0 spiro atoms. The Morgan fingerprint density at radius 1 is 0.970 bits per heavy atom. The molecule has 0 N–H and O–H groups in total. The number of thiazole rings is 1. The summed E-state index contributed by atoms with van der Waals surface area (Å²) < 4.78 is 12.1. The summed E-state index contributed by atoms with van der Waals surface area (Å²) in [6, 6.07) is 22.8. The van der Waals surface area contributed by atoms with Crippen molar-refractivity contribution in [2.45, 2.75) is 6.92 Å². The highest BCUT2D eigenvalue weighted by molar-refractivity contribution is 7.13. The van der Waals surface area contributed by atoms with Gasteiger partial charge in [-0.05, 0) is 55.5 Å². The van der Waals surface area contributed by atoms with E-state index in [0.29, 0.717) is 33.5 Å². The van der Waals surface area contributed by atoms with Crippen LogP contribution in [0.15, 0.2) is 87.6 Å². The van der Waals surface area contributed by atoms with Gasteiger partial charge in [-0.1, -0.05) is 47.5 Å². The molecule has 0 amide bonds. The fourth-order valence-electron chi connectivity index (χ4n) is 3.41. The molecule has 2 heterocycles. The molecule has 164 valence electrons. The Kier molecular flexibility index (Phi) is 6.18. The minimum atomic E-state index is 0.453. The van der Waals surface area contributed by atoms with Crippen molar-refractivity contribution in [1.82, 2.24) is 4.98 Å². The average Bonchev–Trinajstić information content (AvgIpc) is 3.31. The second-order valence-electron chi connectivity index (χ2n) is 7.21. The normalized spacial score (nSPS) is 11.8. The molecule has 0 atom stereocenters. The van der Waals surface area contributed by atoms with Crippen LogP contribution in [0, 0.1) is 0 Å². The molecule has 0 radical (unpaired) electrons. The third-order valence-electron chi connectivity index (χ3n) is 4.97. The minimum Gasteiger partial charge on any atom is -0.490 e. The van der Waals surface area contributed by atoms with Gasteiger partial charge in [-0.3, -0.25) is 0 Å². The topological polar surface area (TPSA) is 47.6 Å². The van der Waals surface area contributed by atoms with Crippen LogP contribution in [0.1, 0.15) is 6.92 Å². The van der Waals surface area contributed by atoms with Gasteiger partial charge in [0.2, 0.25) is 5.55 Å². The van der Waals surface area contributed by atoms with E-state index in [4.69, 9.17) is 42.3 Å². The predicted molar refractivity (Wildman–Crippen MR) is 136 cm³/mol. The van der Waals surface area contributed by atoms with Crippen LogP contribution in [0.5, 0.6) is 5.75 Å². The number of benzene rings is 3. The molecule has 5 rings (SSSR count). The van der Waals surface area contributed by atoms with Gasteiger partial charge in [0.25, 0.3) is 0 Å². The predicted octanol–water partition coefficient (Wildman–Crippen LogP) is 8.16. The molecule has 2 aromatic heterocycles. The fraction of sp³-hybridized carbons (Fsp3) is 0.0769. The smallest absolute Gasteiger partial charge is 0.230 e. The number of rotatable bonds is 5. The molecule has 4 nitrogen and oxygen atoms in total. The highest BCUT2D eigenvalue weighted by atomic mass is 35.5. The Morgan fingerprint density at radius 3 is 2.42 bits per heavy atom. The van der Waals surface area contributed by atoms with E-state index in [9.17, 15) is 0 Å². The van der Waals surface area contributed by atoms with E-state index >= 15 is 0 Å². The first kappa shape index (κ1) is 21.7. The molecule has 33 heavy (non-hydrogen) atoms. The molecule has 7 heteroatoms. The monoisotopic (exact) mass is 492 g/mol. The third kappa shape index (κ3) is 4.67. The molecule has 3 aromatic carbocycles. The number of ether oxygens (including phenoxy) is 1. The van der Waals surface area contributed by atoms with Crippen molar-refractivity contribution >= 4 is 51.2 Å². The molecule has 0 fully saturated rings. The SMILES string of the molecule is CCOc1cccc2cc(-c3nc(-c4ccc(Cl)cc4)cs3)c(=Nc3ccc(Cl)cc3)oc12. The van der Waals surface area contributed by atoms with Crippen molar-refractivity contribution in [2.24, 2.45) is 4.99 Å². The molecular formula is C26H18Cl2N2O2S. The quantitative estimate of drug-likeness (QED) is 0.248. The Morgan fingerprint density at radius 2 is 1.70 bits per heavy atom. The van der Waals surface area contributed by atoms with Crippen LogP contribution in [0.2, 0.25) is 10.0 Å². The Bertz CT molecular complexity index is 1490. The lowest BCUT2D eigenvalue weighted by atomic mass is 10.1. The highest BCUT2D eigenvalue weighted by Gasteiger charge is 2.14. The van der Waals surface area contributed by atoms with Crippen LogP contribution >= 0.6 is 34.5 Å². The first-order valence-electron chi connectivity index (χ1n) is 10.3. The van der Waals surface area contributed by atoms with Crippen LogP contribution < -0.4 is 10.3 Å². The number of hydrogen-bond donors (Lipinski definition) is 0. The van der Waals surface area contributed by atoms with Gasteiger partial charge in [-0.15, -0.1) is 11.3 Å². The number of halogens is 2. The van der Waals surface area contributed by atoms with Gasteiger partial charge in [0, 0.05) is 26.4 Å². The van der Waals surface area contributed by atoms with Crippen molar-refractivity contribution < 1.29 is 9.15 Å². The zero-order valence-electron chi connectivity index (χ0n) is 17.6. The molecule has 0 bridgehead atoms. The van der Waals surface area contributed by atoms with E-state index in [1.165, 1.54) is 11.3 Å². The summed E-state index contributed by atoms with van der Waals surface area (Å²) in [5, 5.41) is 5.08. The van der Waals surface area contributed by atoms with Crippen LogP contribution in [-0.4, -0.2) is 11.6 Å². The van der Waals surface area contributed by atoms with Crippen molar-refractivity contribution in [2.75, 3.05) is 6.61 Å². The Hall–Kier alpha value is -3.12. The minimum absolute atomic E-state index is 0.453. The van der Waals surface area contributed by atoms with Crippen molar-refractivity contribution in [3.63, 3.8) is 0 Å². The number of aromatic nitrogens is 1. The zero-order valence-corrected chi connectivity index (χ0v) is 19.9. The molecule has 0 saturated carbocycles. The van der Waals surface area contributed by atoms with Crippen LogP contribution in [0.4, 0.5) is 5.69 Å². The molecule has 0 aliphatic heterocycles. The van der Waals surface area contributed by atoms with E-state index < -0.39 is 0 Å². The van der Waals surface area contributed by atoms with E-state index in [1.807, 2.05) is 73.0 Å². The Labute approximate surface area is 204 Å². The summed E-state index contributed by atoms with van der Waals surface area (Å²) in [5.41, 5.74) is 4.49. The summed E-state index contributed by atoms with van der Waals surface area (Å²) in [7, 11) is 0. The summed E-state index contributed by atoms with van der Waals surface area (Å²) in [6.07, 6.45) is 0. The molecule has 0 aliphatic carbocycles. The van der Waals surface area contributed by atoms with Gasteiger partial charge in [-0.2, -0.15) is 0 Å². The van der Waals surface area contributed by atoms with Crippen LogP contribution in [0.25, 0.3) is 32.8 Å². The van der Waals surface area contributed by atoms with Gasteiger partial charge in [0.15, 0.2) is 11.3 Å². The first-order valence-corrected chi connectivity index (χ1v) is 12.0. The largest absolute Gasteiger partial charge is 0.490 e. The van der Waals surface area contributed by atoms with Crippen molar-refractivity contribution in [3.05, 3.63) is 93.8 Å². The van der Waals surface area contributed by atoms with E-state index in [-0.39, 0.29) is 0 Å². The summed E-state index contributed by atoms with van der Waals surface area (Å²) in [6.45, 7) is 2.48. The van der Waals surface area contributed by atoms with Crippen molar-refractivity contribution in [1.29, 1.82) is 0 Å². The summed E-state index contributed by atoms with van der Waals surface area (Å²) in [4.78, 5) is 9.64. The number of nitrogens with zero attached hydrogens (tertiary/aromatic N) is 2. The van der Waals surface area contributed by atoms with Gasteiger partial charge < -0.3 is 9.15 Å². The lowest BCUT2D eigenvalue weighted by Gasteiger charge is -2.08. The summed E-state index contributed by atoms with van der Waals surface area (Å²) in [5.74, 6) is 0.676. The molecule has 0 saturated heterocycles. The molecule has 0 aliphatic rings. The van der Waals surface area contributed by atoms with Gasteiger partial charge in [0.1, 0.15) is 5.01 Å². The van der Waals surface area contributed by atoms with Crippen LogP contribution in [0.3, 0.4) is 0 Å². The zero-order chi connectivity index (χ0) is 22.8. The van der Waals surface area contributed by atoms with Crippen LogP contribution in [-0.2, 0) is 0 Å². The maximum absolute atomic E-state index is 6.32. The average molecular weight is 493 g/mol. The number of fused-ring (bicyclic) bond motifs is 1. The second kappa shape index (κ2) is 9.40. The lowest BCUT2D eigenvalue weighted by Crippen LogP contribution is -2.06. The number of hydrogen-bond acceptors (Lipinski definition) is 5. The highest BCUT2D eigenvalue weighted by Crippen LogP contribution is 2.32. The van der Waals surface area contributed by atoms with Gasteiger partial charge in [0.05, 0.1) is 23.6 Å². The first-order chi connectivity index (χ1) is 16.1. The molecule has 0 unspecified atom stereocenters. The standard InChI is InChI=1S/C26H18Cl2N2O2S/c1-2-31-23-5-3-4-17-14-21(25(32-24(17)23)29-20-12-10-19(28)11-13-20)26-30-22(15-33-26)16-6-8-18(27)9-7-16/h3-15H,2H2,1H3. The Balaban J connectivity index is 1.70. The van der Waals surface area contributed by atoms with E-state index in [2.05, 4.69) is 0 Å². The van der Waals surface area contributed by atoms with Crippen molar-refractivity contribution in [3.8, 4) is 27.6 Å².